The molecule has 2 fully saturated rings. The van der Waals surface area contributed by atoms with Gasteiger partial charge in [-0.3, -0.25) is 4.90 Å². The van der Waals surface area contributed by atoms with Crippen LogP contribution in [0, 0.1) is 11.8 Å². The second-order valence-corrected chi connectivity index (χ2v) is 7.29. The van der Waals surface area contributed by atoms with Crippen LogP contribution in [-0.4, -0.2) is 80.7 Å². The fraction of sp³-hybridized carbons (Fsp3) is 1.00. The molecule has 3 atom stereocenters. The highest BCUT2D eigenvalue weighted by molar-refractivity contribution is 4.84. The molecular weight excluding hydrogens is 248 g/mol. The Balaban J connectivity index is 1.68. The van der Waals surface area contributed by atoms with Crippen molar-refractivity contribution in [1.29, 1.82) is 0 Å². The molecular formula is C16H34N4. The lowest BCUT2D eigenvalue weighted by molar-refractivity contribution is 0.0936. The van der Waals surface area contributed by atoms with Crippen molar-refractivity contribution in [2.75, 3.05) is 59.9 Å². The molecule has 0 spiro atoms. The Morgan fingerprint density at radius 1 is 1.05 bits per heavy atom. The maximum absolute atomic E-state index is 6.32. The normalized spacial score (nSPS) is 33.8. The van der Waals surface area contributed by atoms with Crippen LogP contribution in [0.25, 0.3) is 0 Å². The first kappa shape index (κ1) is 16.2. The number of hydrogen-bond acceptors (Lipinski definition) is 4. The van der Waals surface area contributed by atoms with E-state index in [0.717, 1.165) is 11.8 Å². The molecule has 0 amide bonds. The molecule has 20 heavy (non-hydrogen) atoms. The number of nitrogens with two attached hydrogens (primary N) is 1. The Labute approximate surface area is 125 Å². The zero-order valence-electron chi connectivity index (χ0n) is 13.7. The third kappa shape index (κ3) is 4.99. The quantitative estimate of drug-likeness (QED) is 0.814. The zero-order valence-corrected chi connectivity index (χ0v) is 13.7. The molecule has 0 radical (unpaired) electrons. The van der Waals surface area contributed by atoms with Crippen LogP contribution in [0.4, 0.5) is 0 Å². The first-order chi connectivity index (χ1) is 9.54. The van der Waals surface area contributed by atoms with Gasteiger partial charge in [0, 0.05) is 51.9 Å². The van der Waals surface area contributed by atoms with Gasteiger partial charge in [-0.2, -0.15) is 0 Å². The van der Waals surface area contributed by atoms with Gasteiger partial charge in [0.1, 0.15) is 0 Å². The molecule has 0 aromatic rings. The molecule has 1 saturated heterocycles. The Hall–Kier alpha value is -0.160. The van der Waals surface area contributed by atoms with Crippen LogP contribution in [0.1, 0.15) is 26.2 Å². The molecule has 2 N–H and O–H groups in total. The lowest BCUT2D eigenvalue weighted by atomic mass is 9.79. The van der Waals surface area contributed by atoms with Gasteiger partial charge in [0.2, 0.25) is 0 Å². The van der Waals surface area contributed by atoms with Crippen molar-refractivity contribution in [3.63, 3.8) is 0 Å². The topological polar surface area (TPSA) is 35.7 Å². The largest absolute Gasteiger partial charge is 0.327 e. The minimum absolute atomic E-state index is 0.443. The van der Waals surface area contributed by atoms with Crippen molar-refractivity contribution in [2.45, 2.75) is 32.2 Å². The molecule has 4 heteroatoms. The Morgan fingerprint density at radius 2 is 1.70 bits per heavy atom. The molecule has 2 rings (SSSR count). The van der Waals surface area contributed by atoms with Crippen LogP contribution >= 0.6 is 0 Å². The molecule has 0 aromatic heterocycles. The van der Waals surface area contributed by atoms with Gasteiger partial charge in [-0.1, -0.05) is 6.92 Å². The highest BCUT2D eigenvalue weighted by atomic mass is 15.3. The van der Waals surface area contributed by atoms with Crippen LogP contribution in [0.3, 0.4) is 0 Å². The van der Waals surface area contributed by atoms with E-state index in [1.165, 1.54) is 65.1 Å². The van der Waals surface area contributed by atoms with E-state index in [9.17, 15) is 0 Å². The van der Waals surface area contributed by atoms with Crippen LogP contribution in [-0.2, 0) is 0 Å². The van der Waals surface area contributed by atoms with Crippen molar-refractivity contribution in [2.24, 2.45) is 17.6 Å². The number of piperazine rings is 1. The van der Waals surface area contributed by atoms with Gasteiger partial charge in [-0.15, -0.1) is 0 Å². The molecule has 0 bridgehead atoms. The van der Waals surface area contributed by atoms with E-state index < -0.39 is 0 Å². The highest BCUT2D eigenvalue weighted by Gasteiger charge is 2.28. The molecule has 1 saturated carbocycles. The van der Waals surface area contributed by atoms with Crippen molar-refractivity contribution < 1.29 is 0 Å². The second kappa shape index (κ2) is 7.74. The molecule has 0 aromatic carbocycles. The van der Waals surface area contributed by atoms with E-state index in [0.29, 0.717) is 6.04 Å². The van der Waals surface area contributed by atoms with E-state index in [4.69, 9.17) is 5.73 Å². The summed E-state index contributed by atoms with van der Waals surface area (Å²) in [5, 5.41) is 0. The van der Waals surface area contributed by atoms with E-state index >= 15 is 0 Å². The summed E-state index contributed by atoms with van der Waals surface area (Å²) >= 11 is 0. The summed E-state index contributed by atoms with van der Waals surface area (Å²) < 4.78 is 0. The summed E-state index contributed by atoms with van der Waals surface area (Å²) in [6, 6.07) is 0.443. The smallest absolute Gasteiger partial charge is 0.0110 e. The Kier molecular flexibility index (Phi) is 6.27. The van der Waals surface area contributed by atoms with Gasteiger partial charge in [0.25, 0.3) is 0 Å². The third-order valence-corrected chi connectivity index (χ3v) is 5.12. The molecule has 1 aliphatic heterocycles. The summed E-state index contributed by atoms with van der Waals surface area (Å²) in [5.41, 5.74) is 6.32. The average molecular weight is 282 g/mol. The summed E-state index contributed by atoms with van der Waals surface area (Å²) in [6.45, 7) is 10.9. The first-order valence-corrected chi connectivity index (χ1v) is 8.39. The van der Waals surface area contributed by atoms with Gasteiger partial charge in [0.15, 0.2) is 0 Å². The first-order valence-electron chi connectivity index (χ1n) is 8.39. The Bertz CT molecular complexity index is 274. The average Bonchev–Trinajstić information content (AvgIpc) is 2.42. The summed E-state index contributed by atoms with van der Waals surface area (Å²) in [4.78, 5) is 7.52. The molecule has 1 aliphatic carbocycles. The zero-order chi connectivity index (χ0) is 14.5. The lowest BCUT2D eigenvalue weighted by Crippen LogP contribution is -2.51. The number of hydrogen-bond donors (Lipinski definition) is 1. The van der Waals surface area contributed by atoms with E-state index in [-0.39, 0.29) is 0 Å². The minimum Gasteiger partial charge on any atom is -0.327 e. The van der Waals surface area contributed by atoms with Crippen molar-refractivity contribution in [1.82, 2.24) is 14.7 Å². The Morgan fingerprint density at radius 3 is 2.35 bits per heavy atom. The van der Waals surface area contributed by atoms with Gasteiger partial charge < -0.3 is 15.5 Å². The standard InChI is InChI=1S/C16H34N4/c1-14-4-5-16(17)15(12-14)13-20-10-8-19(9-11-20)7-6-18(2)3/h14-16H,4-13,17H2,1-3H3. The molecule has 118 valence electrons. The number of nitrogens with zero attached hydrogens (tertiary/aromatic N) is 3. The van der Waals surface area contributed by atoms with Gasteiger partial charge >= 0.3 is 0 Å². The maximum Gasteiger partial charge on any atom is 0.0110 e. The van der Waals surface area contributed by atoms with E-state index in [1.807, 2.05) is 0 Å². The monoisotopic (exact) mass is 282 g/mol. The molecule has 3 unspecified atom stereocenters. The SMILES string of the molecule is CC1CCC(N)C(CN2CCN(CCN(C)C)CC2)C1. The van der Waals surface area contributed by atoms with Crippen molar-refractivity contribution in [3.8, 4) is 0 Å². The minimum atomic E-state index is 0.443. The summed E-state index contributed by atoms with van der Waals surface area (Å²) in [6.07, 6.45) is 3.90. The van der Waals surface area contributed by atoms with Gasteiger partial charge in [-0.05, 0) is 45.2 Å². The maximum atomic E-state index is 6.32. The van der Waals surface area contributed by atoms with Crippen LogP contribution < -0.4 is 5.73 Å². The van der Waals surface area contributed by atoms with Crippen LogP contribution in [0.5, 0.6) is 0 Å². The predicted molar refractivity (Wildman–Crippen MR) is 85.9 cm³/mol. The predicted octanol–water partition coefficient (Wildman–Crippen LogP) is 0.929. The van der Waals surface area contributed by atoms with Crippen LogP contribution in [0.2, 0.25) is 0 Å². The number of rotatable bonds is 5. The molecule has 1 heterocycles. The van der Waals surface area contributed by atoms with Crippen LogP contribution in [0.15, 0.2) is 0 Å². The van der Waals surface area contributed by atoms with Crippen molar-refractivity contribution in [3.05, 3.63) is 0 Å². The second-order valence-electron chi connectivity index (χ2n) is 7.29. The molecule has 2 aliphatic rings. The van der Waals surface area contributed by atoms with Crippen molar-refractivity contribution >= 4 is 0 Å². The highest BCUT2D eigenvalue weighted by Crippen LogP contribution is 2.28. The lowest BCUT2D eigenvalue weighted by Gasteiger charge is -2.40. The van der Waals surface area contributed by atoms with E-state index in [1.54, 1.807) is 0 Å². The van der Waals surface area contributed by atoms with Gasteiger partial charge in [0.05, 0.1) is 0 Å². The molecule has 4 nitrogen and oxygen atoms in total. The fourth-order valence-corrected chi connectivity index (χ4v) is 3.60. The third-order valence-electron chi connectivity index (χ3n) is 5.12. The summed E-state index contributed by atoms with van der Waals surface area (Å²) in [5.74, 6) is 1.60. The number of likely N-dealkylation sites (N-methyl/N-ethyl adjacent to an activating group) is 1. The summed E-state index contributed by atoms with van der Waals surface area (Å²) in [7, 11) is 4.31. The fourth-order valence-electron chi connectivity index (χ4n) is 3.60. The van der Waals surface area contributed by atoms with E-state index in [2.05, 4.69) is 35.7 Å². The van der Waals surface area contributed by atoms with Gasteiger partial charge in [-0.25, -0.2) is 0 Å².